The second-order valence-corrected chi connectivity index (χ2v) is 15.5. The van der Waals surface area contributed by atoms with Crippen molar-refractivity contribution in [3.05, 3.63) is 107 Å². The third-order valence-corrected chi connectivity index (χ3v) is 13.4. The number of benzene rings is 4. The van der Waals surface area contributed by atoms with Crippen molar-refractivity contribution in [3.8, 4) is 0 Å². The van der Waals surface area contributed by atoms with E-state index < -0.39 is 0 Å². The summed E-state index contributed by atoms with van der Waals surface area (Å²) in [7, 11) is 0. The molecule has 0 saturated heterocycles. The van der Waals surface area contributed by atoms with Crippen LogP contribution in [0.1, 0.15) is 50.7 Å². The average Bonchev–Trinajstić information content (AvgIpc) is 3.63. The number of rotatable bonds is 2. The van der Waals surface area contributed by atoms with E-state index in [4.69, 9.17) is 0 Å². The molecule has 4 aromatic carbocycles. The fourth-order valence-corrected chi connectivity index (χ4v) is 11.5. The summed E-state index contributed by atoms with van der Waals surface area (Å²) < 4.78 is 0.287. The van der Waals surface area contributed by atoms with Crippen molar-refractivity contribution in [2.45, 2.75) is 61.5 Å². The Bertz CT molecular complexity index is 1780. The molecule has 0 aromatic heterocycles. The molecule has 5 heteroatoms. The Hall–Kier alpha value is -3.02. The van der Waals surface area contributed by atoms with Crippen molar-refractivity contribution < 1.29 is 0 Å². The lowest BCUT2D eigenvalue weighted by molar-refractivity contribution is 0.418. The molecule has 2 atom stereocenters. The van der Waals surface area contributed by atoms with Gasteiger partial charge in [-0.1, -0.05) is 61.3 Å². The molecule has 0 radical (unpaired) electrons. The van der Waals surface area contributed by atoms with E-state index in [1.54, 1.807) is 11.0 Å². The highest BCUT2D eigenvalue weighted by Crippen LogP contribution is 2.65. The second-order valence-electron chi connectivity index (χ2n) is 12.8. The maximum Gasteiger partial charge on any atom is 0.248 e. The smallest absolute Gasteiger partial charge is 0.248 e. The van der Waals surface area contributed by atoms with Crippen molar-refractivity contribution in [2.24, 2.45) is 0 Å². The summed E-state index contributed by atoms with van der Waals surface area (Å²) in [5, 5.41) is 1.45. The van der Waals surface area contributed by atoms with E-state index in [0.29, 0.717) is 6.71 Å². The lowest BCUT2D eigenvalue weighted by atomic mass is 9.33. The van der Waals surface area contributed by atoms with Crippen LogP contribution in [-0.4, -0.2) is 17.2 Å². The first-order valence-corrected chi connectivity index (χ1v) is 16.9. The summed E-state index contributed by atoms with van der Waals surface area (Å²) in [5.74, 6) is 1.15. The number of fused-ring (bicyclic) bond motifs is 6. The Morgan fingerprint density at radius 1 is 0.780 bits per heavy atom. The SMILES string of the molecule is Cc1cc2c3c(c1)N(c1ccccc1)c1cc4c(cc1B3C1=C(SCC1)N2c1ccccc1)C1(C)CCCC1(C)S4. The summed E-state index contributed by atoms with van der Waals surface area (Å²) in [5.41, 5.74) is 14.3. The van der Waals surface area contributed by atoms with Crippen LogP contribution in [0.5, 0.6) is 0 Å². The lowest BCUT2D eigenvalue weighted by Crippen LogP contribution is -2.55. The Balaban J connectivity index is 1.37. The number of hydrogen-bond acceptors (Lipinski definition) is 4. The number of thioether (sulfide) groups is 2. The highest BCUT2D eigenvalue weighted by atomic mass is 32.2. The van der Waals surface area contributed by atoms with Gasteiger partial charge in [0.1, 0.15) is 0 Å². The molecule has 5 aliphatic rings. The average molecular weight is 569 g/mol. The molecular formula is C36H33BN2S2. The maximum atomic E-state index is 2.67. The van der Waals surface area contributed by atoms with Gasteiger partial charge in [-0.15, -0.1) is 23.5 Å². The Kier molecular flexibility index (Phi) is 5.10. The van der Waals surface area contributed by atoms with Crippen molar-refractivity contribution in [3.63, 3.8) is 0 Å². The quantitative estimate of drug-likeness (QED) is 0.223. The van der Waals surface area contributed by atoms with Crippen LogP contribution in [0.2, 0.25) is 0 Å². The molecule has 0 spiro atoms. The molecule has 1 saturated carbocycles. The van der Waals surface area contributed by atoms with Gasteiger partial charge in [0.2, 0.25) is 6.71 Å². The number of allylic oxidation sites excluding steroid dienone is 1. The molecule has 4 aromatic rings. The van der Waals surface area contributed by atoms with Gasteiger partial charge in [0.15, 0.2) is 0 Å². The monoisotopic (exact) mass is 568 g/mol. The van der Waals surface area contributed by atoms with Gasteiger partial charge in [-0.05, 0) is 97.6 Å². The number of nitrogens with zero attached hydrogens (tertiary/aromatic N) is 2. The number of hydrogen-bond donors (Lipinski definition) is 0. The molecule has 1 aliphatic carbocycles. The molecule has 202 valence electrons. The fourth-order valence-electron chi connectivity index (χ4n) is 8.48. The van der Waals surface area contributed by atoms with Crippen LogP contribution in [0.25, 0.3) is 0 Å². The molecule has 1 fully saturated rings. The van der Waals surface area contributed by atoms with E-state index in [1.807, 2.05) is 11.8 Å². The summed E-state index contributed by atoms with van der Waals surface area (Å²) in [6.45, 7) is 7.65. The van der Waals surface area contributed by atoms with Gasteiger partial charge in [-0.3, -0.25) is 0 Å². The third kappa shape index (κ3) is 3.20. The molecule has 0 bridgehead atoms. The van der Waals surface area contributed by atoms with E-state index in [9.17, 15) is 0 Å². The minimum Gasteiger partial charge on any atom is -0.311 e. The molecule has 41 heavy (non-hydrogen) atoms. The molecule has 2 unspecified atom stereocenters. The Morgan fingerprint density at radius 3 is 2.20 bits per heavy atom. The minimum atomic E-state index is 0.238. The van der Waals surface area contributed by atoms with Crippen LogP contribution in [-0.2, 0) is 5.41 Å². The molecule has 0 N–H and O–H groups in total. The first-order chi connectivity index (χ1) is 20.0. The van der Waals surface area contributed by atoms with Gasteiger partial charge in [-0.2, -0.15) is 0 Å². The third-order valence-electron chi connectivity index (χ3n) is 10.6. The van der Waals surface area contributed by atoms with Crippen LogP contribution in [0, 0.1) is 6.92 Å². The van der Waals surface area contributed by atoms with Gasteiger partial charge < -0.3 is 9.80 Å². The molecule has 4 aliphatic heterocycles. The lowest BCUT2D eigenvalue weighted by Gasteiger charge is -2.44. The van der Waals surface area contributed by atoms with Crippen LogP contribution in [0.15, 0.2) is 100 Å². The van der Waals surface area contributed by atoms with Crippen LogP contribution < -0.4 is 20.7 Å². The van der Waals surface area contributed by atoms with Gasteiger partial charge in [0.25, 0.3) is 0 Å². The molecular weight excluding hydrogens is 535 g/mol. The molecule has 0 amide bonds. The number of para-hydroxylation sites is 2. The first kappa shape index (κ1) is 24.6. The fraction of sp³-hybridized carbons (Fsp3) is 0.278. The minimum absolute atomic E-state index is 0.238. The van der Waals surface area contributed by atoms with Crippen LogP contribution >= 0.6 is 23.5 Å². The van der Waals surface area contributed by atoms with E-state index in [1.165, 1.54) is 74.1 Å². The summed E-state index contributed by atoms with van der Waals surface area (Å²) in [6, 6.07) is 32.2. The van der Waals surface area contributed by atoms with Crippen molar-refractivity contribution in [1.29, 1.82) is 0 Å². The van der Waals surface area contributed by atoms with E-state index >= 15 is 0 Å². The van der Waals surface area contributed by atoms with Gasteiger partial charge >= 0.3 is 0 Å². The van der Waals surface area contributed by atoms with Gasteiger partial charge in [0, 0.05) is 49.2 Å². The maximum absolute atomic E-state index is 2.67. The van der Waals surface area contributed by atoms with Crippen LogP contribution in [0.3, 0.4) is 0 Å². The van der Waals surface area contributed by atoms with E-state index in [0.717, 1.165) is 12.2 Å². The highest BCUT2D eigenvalue weighted by Gasteiger charge is 2.57. The van der Waals surface area contributed by atoms with Gasteiger partial charge in [-0.25, -0.2) is 0 Å². The standard InChI is InChI=1S/C36H33BN2S2/c1-23-19-30-33-31(20-23)39(25-13-8-5-9-14-25)34-27(15-18-40-34)37(33)28-21-26-32(41-36(3)17-10-16-35(26,36)2)22-29(28)38(30)24-11-6-4-7-12-24/h4-9,11-14,19-22H,10,15-18H2,1-3H3. The van der Waals surface area contributed by atoms with Crippen molar-refractivity contribution in [2.75, 3.05) is 15.6 Å². The first-order valence-electron chi connectivity index (χ1n) is 15.1. The van der Waals surface area contributed by atoms with Gasteiger partial charge in [0.05, 0.1) is 5.03 Å². The van der Waals surface area contributed by atoms with Crippen LogP contribution in [0.4, 0.5) is 28.4 Å². The normalized spacial score (nSPS) is 25.2. The second kappa shape index (κ2) is 8.52. The number of anilines is 5. The zero-order valence-corrected chi connectivity index (χ0v) is 25.5. The molecule has 2 nitrogen and oxygen atoms in total. The van der Waals surface area contributed by atoms with Crippen molar-refractivity contribution in [1.82, 2.24) is 0 Å². The predicted octanol–water partition coefficient (Wildman–Crippen LogP) is 8.73. The van der Waals surface area contributed by atoms with E-state index in [-0.39, 0.29) is 10.2 Å². The Morgan fingerprint density at radius 2 is 1.46 bits per heavy atom. The summed E-state index contributed by atoms with van der Waals surface area (Å²) in [6.07, 6.45) is 5.08. The summed E-state index contributed by atoms with van der Waals surface area (Å²) in [4.78, 5) is 6.65. The molecule has 9 rings (SSSR count). The summed E-state index contributed by atoms with van der Waals surface area (Å²) >= 11 is 4.20. The zero-order chi connectivity index (χ0) is 27.5. The Labute approximate surface area is 252 Å². The highest BCUT2D eigenvalue weighted by molar-refractivity contribution is 8.03. The topological polar surface area (TPSA) is 6.48 Å². The zero-order valence-electron chi connectivity index (χ0n) is 23.9. The van der Waals surface area contributed by atoms with E-state index in [2.05, 4.69) is 127 Å². The number of aryl methyl sites for hydroxylation is 1. The largest absolute Gasteiger partial charge is 0.311 e. The molecule has 4 heterocycles. The predicted molar refractivity (Wildman–Crippen MR) is 179 cm³/mol. The van der Waals surface area contributed by atoms with Crippen molar-refractivity contribution >= 4 is 69.6 Å².